The quantitative estimate of drug-likeness (QED) is 0.887. The molecule has 1 unspecified atom stereocenters. The van der Waals surface area contributed by atoms with Crippen molar-refractivity contribution in [1.29, 1.82) is 0 Å². The number of aryl methyl sites for hydroxylation is 1. The van der Waals surface area contributed by atoms with E-state index in [0.717, 1.165) is 13.1 Å². The van der Waals surface area contributed by atoms with Crippen LogP contribution >= 0.6 is 0 Å². The Morgan fingerprint density at radius 1 is 1.06 bits per heavy atom. The third-order valence-electron chi connectivity index (χ3n) is 4.46. The summed E-state index contributed by atoms with van der Waals surface area (Å²) >= 11 is 0. The predicted molar refractivity (Wildman–Crippen MR) is 75.9 cm³/mol. The average Bonchev–Trinajstić information content (AvgIpc) is 2.41. The maximum Gasteiger partial charge on any atom is 0.0628 e. The van der Waals surface area contributed by atoms with Crippen molar-refractivity contribution in [1.82, 2.24) is 4.90 Å². The Morgan fingerprint density at radius 3 is 2.33 bits per heavy atom. The summed E-state index contributed by atoms with van der Waals surface area (Å²) in [5.41, 5.74) is 5.36. The van der Waals surface area contributed by atoms with E-state index in [1.165, 1.54) is 41.5 Å². The lowest BCUT2D eigenvalue weighted by atomic mass is 9.93. The van der Waals surface area contributed by atoms with Gasteiger partial charge in [0, 0.05) is 0 Å². The first-order valence-electron chi connectivity index (χ1n) is 7.06. The standard InChI is InChI=1S/C16H25NO/c1-12-7-8-15(14(3)13(12)2)16(11-18)17-9-5-4-6-10-17/h7-8,16,18H,4-6,9-11H2,1-3H3. The molecule has 18 heavy (non-hydrogen) atoms. The van der Waals surface area contributed by atoms with Crippen LogP contribution in [0.3, 0.4) is 0 Å². The molecule has 2 rings (SSSR count). The molecule has 0 spiro atoms. The maximum atomic E-state index is 9.77. The number of benzene rings is 1. The highest BCUT2D eigenvalue weighted by molar-refractivity contribution is 5.40. The van der Waals surface area contributed by atoms with Crippen LogP contribution in [-0.2, 0) is 0 Å². The number of hydrogen-bond donors (Lipinski definition) is 1. The second kappa shape index (κ2) is 5.85. The third kappa shape index (κ3) is 2.60. The summed E-state index contributed by atoms with van der Waals surface area (Å²) in [4.78, 5) is 2.45. The van der Waals surface area contributed by atoms with Gasteiger partial charge >= 0.3 is 0 Å². The molecule has 1 aromatic rings. The molecule has 0 bridgehead atoms. The van der Waals surface area contributed by atoms with Gasteiger partial charge in [0.2, 0.25) is 0 Å². The van der Waals surface area contributed by atoms with Crippen molar-refractivity contribution in [2.75, 3.05) is 19.7 Å². The number of hydrogen-bond acceptors (Lipinski definition) is 2. The van der Waals surface area contributed by atoms with E-state index in [0.29, 0.717) is 0 Å². The van der Waals surface area contributed by atoms with Crippen LogP contribution < -0.4 is 0 Å². The lowest BCUT2D eigenvalue weighted by molar-refractivity contribution is 0.104. The molecule has 0 aliphatic carbocycles. The molecule has 1 aliphatic heterocycles. The SMILES string of the molecule is Cc1ccc(C(CO)N2CCCCC2)c(C)c1C. The Kier molecular flexibility index (Phi) is 4.41. The van der Waals surface area contributed by atoms with Gasteiger partial charge in [-0.15, -0.1) is 0 Å². The smallest absolute Gasteiger partial charge is 0.0628 e. The molecule has 2 nitrogen and oxygen atoms in total. The average molecular weight is 247 g/mol. The topological polar surface area (TPSA) is 23.5 Å². The summed E-state index contributed by atoms with van der Waals surface area (Å²) < 4.78 is 0. The van der Waals surface area contributed by atoms with Crippen molar-refractivity contribution in [2.45, 2.75) is 46.1 Å². The number of likely N-dealkylation sites (tertiary alicyclic amines) is 1. The largest absolute Gasteiger partial charge is 0.394 e. The van der Waals surface area contributed by atoms with Gasteiger partial charge < -0.3 is 5.11 Å². The molecule has 1 aromatic carbocycles. The highest BCUT2D eigenvalue weighted by Gasteiger charge is 2.23. The number of piperidine rings is 1. The summed E-state index contributed by atoms with van der Waals surface area (Å²) in [6, 6.07) is 4.57. The van der Waals surface area contributed by atoms with Crippen LogP contribution in [0, 0.1) is 20.8 Å². The molecule has 1 fully saturated rings. The van der Waals surface area contributed by atoms with E-state index in [9.17, 15) is 5.11 Å². The molecule has 0 amide bonds. The number of aliphatic hydroxyl groups excluding tert-OH is 1. The molecule has 1 saturated heterocycles. The van der Waals surface area contributed by atoms with Crippen molar-refractivity contribution in [3.63, 3.8) is 0 Å². The minimum Gasteiger partial charge on any atom is -0.394 e. The highest BCUT2D eigenvalue weighted by Crippen LogP contribution is 2.29. The Morgan fingerprint density at radius 2 is 1.72 bits per heavy atom. The Bertz CT molecular complexity index is 408. The zero-order chi connectivity index (χ0) is 13.1. The number of aliphatic hydroxyl groups is 1. The van der Waals surface area contributed by atoms with Gasteiger partial charge in [-0.1, -0.05) is 18.6 Å². The van der Waals surface area contributed by atoms with Gasteiger partial charge in [-0.3, -0.25) is 4.90 Å². The van der Waals surface area contributed by atoms with E-state index >= 15 is 0 Å². The maximum absolute atomic E-state index is 9.77. The molecule has 1 aliphatic rings. The van der Waals surface area contributed by atoms with E-state index < -0.39 is 0 Å². The minimum absolute atomic E-state index is 0.185. The summed E-state index contributed by atoms with van der Waals surface area (Å²) in [6.45, 7) is 8.99. The number of nitrogens with zero attached hydrogens (tertiary/aromatic N) is 1. The Balaban J connectivity index is 2.29. The van der Waals surface area contributed by atoms with Gasteiger partial charge in [-0.25, -0.2) is 0 Å². The van der Waals surface area contributed by atoms with E-state index in [-0.39, 0.29) is 12.6 Å². The van der Waals surface area contributed by atoms with E-state index in [4.69, 9.17) is 0 Å². The van der Waals surface area contributed by atoms with Crippen LogP contribution in [0.25, 0.3) is 0 Å². The van der Waals surface area contributed by atoms with Gasteiger partial charge in [0.1, 0.15) is 0 Å². The van der Waals surface area contributed by atoms with Crippen molar-refractivity contribution in [3.05, 3.63) is 34.4 Å². The number of rotatable bonds is 3. The molecular formula is C16H25NO. The lowest BCUT2D eigenvalue weighted by Gasteiger charge is -2.35. The summed E-state index contributed by atoms with van der Waals surface area (Å²) in [5, 5.41) is 9.77. The first-order chi connectivity index (χ1) is 8.65. The molecular weight excluding hydrogens is 222 g/mol. The molecule has 0 radical (unpaired) electrons. The summed E-state index contributed by atoms with van der Waals surface area (Å²) in [5.74, 6) is 0. The molecule has 1 heterocycles. The predicted octanol–water partition coefficient (Wildman–Crippen LogP) is 3.13. The fourth-order valence-corrected chi connectivity index (χ4v) is 2.98. The van der Waals surface area contributed by atoms with E-state index in [1.54, 1.807) is 0 Å². The summed E-state index contributed by atoms with van der Waals surface area (Å²) in [6.07, 6.45) is 3.86. The van der Waals surface area contributed by atoms with Crippen LogP contribution in [0.5, 0.6) is 0 Å². The first kappa shape index (κ1) is 13.6. The first-order valence-corrected chi connectivity index (χ1v) is 7.06. The van der Waals surface area contributed by atoms with Crippen LogP contribution in [0.4, 0.5) is 0 Å². The van der Waals surface area contributed by atoms with Crippen LogP contribution in [-0.4, -0.2) is 29.7 Å². The normalized spacial score (nSPS) is 18.9. The molecule has 2 heteroatoms. The second-order valence-corrected chi connectivity index (χ2v) is 5.52. The van der Waals surface area contributed by atoms with Crippen LogP contribution in [0.15, 0.2) is 12.1 Å². The van der Waals surface area contributed by atoms with E-state index in [2.05, 4.69) is 37.8 Å². The van der Waals surface area contributed by atoms with Crippen LogP contribution in [0.2, 0.25) is 0 Å². The molecule has 1 N–H and O–H groups in total. The van der Waals surface area contributed by atoms with Crippen molar-refractivity contribution in [2.24, 2.45) is 0 Å². The van der Waals surface area contributed by atoms with Gasteiger partial charge in [0.05, 0.1) is 12.6 Å². The zero-order valence-electron chi connectivity index (χ0n) is 11.9. The lowest BCUT2D eigenvalue weighted by Crippen LogP contribution is -2.36. The van der Waals surface area contributed by atoms with Gasteiger partial charge in [0.25, 0.3) is 0 Å². The van der Waals surface area contributed by atoms with E-state index in [1.807, 2.05) is 0 Å². The van der Waals surface area contributed by atoms with Crippen molar-refractivity contribution < 1.29 is 5.11 Å². The highest BCUT2D eigenvalue weighted by atomic mass is 16.3. The second-order valence-electron chi connectivity index (χ2n) is 5.52. The Hall–Kier alpha value is -0.860. The Labute approximate surface area is 111 Å². The molecule has 0 aromatic heterocycles. The monoisotopic (exact) mass is 247 g/mol. The van der Waals surface area contributed by atoms with Gasteiger partial charge in [-0.2, -0.15) is 0 Å². The molecule has 100 valence electrons. The fourth-order valence-electron chi connectivity index (χ4n) is 2.98. The van der Waals surface area contributed by atoms with Gasteiger partial charge in [-0.05, 0) is 69.0 Å². The van der Waals surface area contributed by atoms with Gasteiger partial charge in [0.15, 0.2) is 0 Å². The molecule has 1 atom stereocenters. The summed E-state index contributed by atoms with van der Waals surface area (Å²) in [7, 11) is 0. The zero-order valence-corrected chi connectivity index (χ0v) is 11.9. The third-order valence-corrected chi connectivity index (χ3v) is 4.46. The van der Waals surface area contributed by atoms with Crippen molar-refractivity contribution >= 4 is 0 Å². The minimum atomic E-state index is 0.185. The fraction of sp³-hybridized carbons (Fsp3) is 0.625. The van der Waals surface area contributed by atoms with Crippen molar-refractivity contribution in [3.8, 4) is 0 Å². The van der Waals surface area contributed by atoms with Crippen LogP contribution in [0.1, 0.15) is 47.6 Å². The molecule has 0 saturated carbocycles.